The van der Waals surface area contributed by atoms with Crippen LogP contribution >= 0.6 is 0 Å². The molecule has 0 spiro atoms. The molecular formula is C13H25NO. The second-order valence-corrected chi connectivity index (χ2v) is 5.91. The third-order valence-corrected chi connectivity index (χ3v) is 4.36. The van der Waals surface area contributed by atoms with Gasteiger partial charge in [-0.25, -0.2) is 0 Å². The lowest BCUT2D eigenvalue weighted by Gasteiger charge is -2.27. The van der Waals surface area contributed by atoms with Gasteiger partial charge >= 0.3 is 0 Å². The molecular weight excluding hydrogens is 186 g/mol. The standard InChI is InChI=1S/C13H25NO/c1-11-2-4-12(5-3-11)8-14-9-13(10-15)6-7-13/h11-12,14-15H,2-10H2,1H3. The summed E-state index contributed by atoms with van der Waals surface area (Å²) in [4.78, 5) is 0. The van der Waals surface area contributed by atoms with Crippen LogP contribution in [-0.4, -0.2) is 24.8 Å². The second kappa shape index (κ2) is 4.84. The Morgan fingerprint density at radius 1 is 1.20 bits per heavy atom. The molecule has 88 valence electrons. The van der Waals surface area contributed by atoms with Crippen molar-refractivity contribution in [3.8, 4) is 0 Å². The predicted molar refractivity (Wildman–Crippen MR) is 62.7 cm³/mol. The molecule has 2 aliphatic rings. The van der Waals surface area contributed by atoms with Crippen molar-refractivity contribution in [2.75, 3.05) is 19.7 Å². The average Bonchev–Trinajstić information content (AvgIpc) is 3.02. The maximum atomic E-state index is 9.19. The minimum atomic E-state index is 0.280. The average molecular weight is 211 g/mol. The van der Waals surface area contributed by atoms with E-state index in [1.54, 1.807) is 0 Å². The maximum Gasteiger partial charge on any atom is 0.0499 e. The second-order valence-electron chi connectivity index (χ2n) is 5.91. The SMILES string of the molecule is CC1CCC(CNCC2(CO)CC2)CC1. The zero-order valence-electron chi connectivity index (χ0n) is 9.97. The number of aliphatic hydroxyl groups excluding tert-OH is 1. The molecule has 0 aromatic heterocycles. The van der Waals surface area contributed by atoms with E-state index >= 15 is 0 Å². The first kappa shape index (κ1) is 11.4. The molecule has 0 saturated heterocycles. The molecule has 2 N–H and O–H groups in total. The van der Waals surface area contributed by atoms with Gasteiger partial charge in [0.05, 0.1) is 0 Å². The monoisotopic (exact) mass is 211 g/mol. The van der Waals surface area contributed by atoms with E-state index in [1.165, 1.54) is 45.1 Å². The Morgan fingerprint density at radius 3 is 2.40 bits per heavy atom. The minimum Gasteiger partial charge on any atom is -0.396 e. The fourth-order valence-corrected chi connectivity index (χ4v) is 2.64. The highest BCUT2D eigenvalue weighted by Gasteiger charge is 2.41. The number of aliphatic hydroxyl groups is 1. The molecule has 0 radical (unpaired) electrons. The highest BCUT2D eigenvalue weighted by molar-refractivity contribution is 4.94. The van der Waals surface area contributed by atoms with Crippen LogP contribution in [0.4, 0.5) is 0 Å². The molecule has 2 aliphatic carbocycles. The molecule has 0 atom stereocenters. The summed E-state index contributed by atoms with van der Waals surface area (Å²) in [5, 5.41) is 12.8. The fraction of sp³-hybridized carbons (Fsp3) is 1.00. The van der Waals surface area contributed by atoms with Gasteiger partial charge in [0.25, 0.3) is 0 Å². The van der Waals surface area contributed by atoms with Gasteiger partial charge in [-0.3, -0.25) is 0 Å². The summed E-state index contributed by atoms with van der Waals surface area (Å²) < 4.78 is 0. The summed E-state index contributed by atoms with van der Waals surface area (Å²) in [7, 11) is 0. The highest BCUT2D eigenvalue weighted by Crippen LogP contribution is 2.44. The van der Waals surface area contributed by atoms with E-state index < -0.39 is 0 Å². The lowest BCUT2D eigenvalue weighted by atomic mass is 9.83. The Balaban J connectivity index is 1.58. The maximum absolute atomic E-state index is 9.19. The van der Waals surface area contributed by atoms with Crippen molar-refractivity contribution < 1.29 is 5.11 Å². The van der Waals surface area contributed by atoms with E-state index in [2.05, 4.69) is 12.2 Å². The topological polar surface area (TPSA) is 32.3 Å². The van der Waals surface area contributed by atoms with Crippen LogP contribution in [0.1, 0.15) is 45.4 Å². The van der Waals surface area contributed by atoms with Crippen molar-refractivity contribution in [2.45, 2.75) is 45.4 Å². The molecule has 2 heteroatoms. The molecule has 0 heterocycles. The van der Waals surface area contributed by atoms with Gasteiger partial charge in [-0.05, 0) is 44.1 Å². The molecule has 2 fully saturated rings. The summed E-state index contributed by atoms with van der Waals surface area (Å²) in [6, 6.07) is 0. The number of nitrogens with one attached hydrogen (secondary N) is 1. The van der Waals surface area contributed by atoms with Crippen LogP contribution in [0.2, 0.25) is 0 Å². The molecule has 0 bridgehead atoms. The molecule has 2 rings (SSSR count). The number of hydrogen-bond acceptors (Lipinski definition) is 2. The van der Waals surface area contributed by atoms with Gasteiger partial charge in [-0.15, -0.1) is 0 Å². The summed E-state index contributed by atoms with van der Waals surface area (Å²) in [5.41, 5.74) is 0.280. The Hall–Kier alpha value is -0.0800. The lowest BCUT2D eigenvalue weighted by molar-refractivity contribution is 0.202. The summed E-state index contributed by atoms with van der Waals surface area (Å²) in [6.07, 6.45) is 8.08. The molecule has 2 saturated carbocycles. The van der Waals surface area contributed by atoms with Crippen molar-refractivity contribution in [3.05, 3.63) is 0 Å². The Morgan fingerprint density at radius 2 is 1.87 bits per heavy atom. The van der Waals surface area contributed by atoms with E-state index in [0.29, 0.717) is 6.61 Å². The van der Waals surface area contributed by atoms with Crippen LogP contribution in [0.5, 0.6) is 0 Å². The summed E-state index contributed by atoms with van der Waals surface area (Å²) in [5.74, 6) is 1.85. The van der Waals surface area contributed by atoms with E-state index in [9.17, 15) is 5.11 Å². The number of hydrogen-bond donors (Lipinski definition) is 2. The first-order valence-electron chi connectivity index (χ1n) is 6.56. The van der Waals surface area contributed by atoms with Crippen molar-refractivity contribution in [3.63, 3.8) is 0 Å². The van der Waals surface area contributed by atoms with Crippen molar-refractivity contribution in [1.29, 1.82) is 0 Å². The molecule has 2 nitrogen and oxygen atoms in total. The Kier molecular flexibility index (Phi) is 3.68. The summed E-state index contributed by atoms with van der Waals surface area (Å²) in [6.45, 7) is 4.96. The zero-order valence-corrected chi connectivity index (χ0v) is 9.97. The van der Waals surface area contributed by atoms with Crippen LogP contribution in [0.15, 0.2) is 0 Å². The fourth-order valence-electron chi connectivity index (χ4n) is 2.64. The van der Waals surface area contributed by atoms with Gasteiger partial charge in [0, 0.05) is 18.6 Å². The predicted octanol–water partition coefficient (Wildman–Crippen LogP) is 2.17. The van der Waals surface area contributed by atoms with Crippen LogP contribution in [0.3, 0.4) is 0 Å². The quantitative estimate of drug-likeness (QED) is 0.730. The van der Waals surface area contributed by atoms with Gasteiger partial charge in [-0.2, -0.15) is 0 Å². The van der Waals surface area contributed by atoms with Gasteiger partial charge < -0.3 is 10.4 Å². The molecule has 0 aromatic rings. The van der Waals surface area contributed by atoms with Crippen LogP contribution in [0, 0.1) is 17.3 Å². The van der Waals surface area contributed by atoms with Crippen LogP contribution in [-0.2, 0) is 0 Å². The van der Waals surface area contributed by atoms with Gasteiger partial charge in [0.2, 0.25) is 0 Å². The van der Waals surface area contributed by atoms with Gasteiger partial charge in [0.15, 0.2) is 0 Å². The highest BCUT2D eigenvalue weighted by atomic mass is 16.3. The zero-order chi connectivity index (χ0) is 10.7. The lowest BCUT2D eigenvalue weighted by Crippen LogP contribution is -2.32. The Labute approximate surface area is 93.5 Å². The normalized spacial score (nSPS) is 34.0. The van der Waals surface area contributed by atoms with Crippen LogP contribution < -0.4 is 5.32 Å². The molecule has 0 amide bonds. The van der Waals surface area contributed by atoms with Crippen molar-refractivity contribution >= 4 is 0 Å². The van der Waals surface area contributed by atoms with Crippen molar-refractivity contribution in [1.82, 2.24) is 5.32 Å². The molecule has 0 aliphatic heterocycles. The molecule has 15 heavy (non-hydrogen) atoms. The van der Waals surface area contributed by atoms with E-state index in [1.807, 2.05) is 0 Å². The largest absolute Gasteiger partial charge is 0.396 e. The molecule has 0 unspecified atom stereocenters. The third-order valence-electron chi connectivity index (χ3n) is 4.36. The van der Waals surface area contributed by atoms with Gasteiger partial charge in [-0.1, -0.05) is 19.8 Å². The van der Waals surface area contributed by atoms with E-state index in [0.717, 1.165) is 18.4 Å². The first-order valence-corrected chi connectivity index (χ1v) is 6.56. The minimum absolute atomic E-state index is 0.280. The number of rotatable bonds is 5. The van der Waals surface area contributed by atoms with E-state index in [4.69, 9.17) is 0 Å². The van der Waals surface area contributed by atoms with E-state index in [-0.39, 0.29) is 5.41 Å². The van der Waals surface area contributed by atoms with Gasteiger partial charge in [0.1, 0.15) is 0 Å². The van der Waals surface area contributed by atoms with Crippen molar-refractivity contribution in [2.24, 2.45) is 17.3 Å². The Bertz CT molecular complexity index is 193. The van der Waals surface area contributed by atoms with Crippen LogP contribution in [0.25, 0.3) is 0 Å². The molecule has 0 aromatic carbocycles. The summed E-state index contributed by atoms with van der Waals surface area (Å²) >= 11 is 0. The third kappa shape index (κ3) is 3.18. The smallest absolute Gasteiger partial charge is 0.0499 e. The first-order chi connectivity index (χ1) is 7.24.